The Labute approximate surface area is 96.3 Å². The van der Waals surface area contributed by atoms with E-state index in [2.05, 4.69) is 24.1 Å². The van der Waals surface area contributed by atoms with Gasteiger partial charge < -0.3 is 11.1 Å². The number of amides is 1. The van der Waals surface area contributed by atoms with Crippen LogP contribution >= 0.6 is 0 Å². The molecule has 0 fully saturated rings. The van der Waals surface area contributed by atoms with Gasteiger partial charge in [0, 0.05) is 25.0 Å². The fourth-order valence-electron chi connectivity index (χ4n) is 1.51. The highest BCUT2D eigenvalue weighted by molar-refractivity contribution is 5.93. The van der Waals surface area contributed by atoms with E-state index < -0.39 is 0 Å². The van der Waals surface area contributed by atoms with Crippen molar-refractivity contribution in [1.29, 1.82) is 0 Å². The molecular formula is C12H19N3O. The van der Waals surface area contributed by atoms with Gasteiger partial charge in [0.05, 0.1) is 5.56 Å². The van der Waals surface area contributed by atoms with E-state index in [9.17, 15) is 4.79 Å². The van der Waals surface area contributed by atoms with E-state index in [0.29, 0.717) is 18.0 Å². The standard InChI is InChI=1S/C12H19N3O/c1-9(2)6-11(13)8-15-12(16)10-4-3-5-14-7-10/h3-5,7,9,11H,6,8,13H2,1-2H3,(H,15,16). The molecule has 0 aliphatic rings. The molecule has 0 bridgehead atoms. The lowest BCUT2D eigenvalue weighted by molar-refractivity contribution is 0.0949. The average molecular weight is 221 g/mol. The van der Waals surface area contributed by atoms with E-state index in [-0.39, 0.29) is 11.9 Å². The normalized spacial score (nSPS) is 12.5. The number of hydrogen-bond donors (Lipinski definition) is 2. The van der Waals surface area contributed by atoms with Gasteiger partial charge in [-0.15, -0.1) is 0 Å². The second kappa shape index (κ2) is 6.23. The average Bonchev–Trinajstić information content (AvgIpc) is 2.26. The molecule has 0 aliphatic heterocycles. The SMILES string of the molecule is CC(C)CC(N)CNC(=O)c1cccnc1. The van der Waals surface area contributed by atoms with Gasteiger partial charge >= 0.3 is 0 Å². The van der Waals surface area contributed by atoms with Crippen molar-refractivity contribution < 1.29 is 4.79 Å². The Morgan fingerprint density at radius 3 is 2.88 bits per heavy atom. The zero-order chi connectivity index (χ0) is 12.0. The highest BCUT2D eigenvalue weighted by Crippen LogP contribution is 2.02. The lowest BCUT2D eigenvalue weighted by Crippen LogP contribution is -2.38. The third-order valence-electron chi connectivity index (χ3n) is 2.22. The lowest BCUT2D eigenvalue weighted by Gasteiger charge is -2.14. The Morgan fingerprint density at radius 1 is 1.56 bits per heavy atom. The minimum Gasteiger partial charge on any atom is -0.350 e. The summed E-state index contributed by atoms with van der Waals surface area (Å²) in [6.45, 7) is 4.73. The minimum absolute atomic E-state index is 0.0145. The molecule has 88 valence electrons. The first kappa shape index (κ1) is 12.6. The summed E-state index contributed by atoms with van der Waals surface area (Å²) < 4.78 is 0. The van der Waals surface area contributed by atoms with Crippen LogP contribution in [0.25, 0.3) is 0 Å². The van der Waals surface area contributed by atoms with Crippen LogP contribution in [0.5, 0.6) is 0 Å². The van der Waals surface area contributed by atoms with Crippen molar-refractivity contribution in [1.82, 2.24) is 10.3 Å². The molecule has 0 radical (unpaired) electrons. The Bertz CT molecular complexity index is 324. The van der Waals surface area contributed by atoms with Gasteiger partial charge in [0.2, 0.25) is 0 Å². The smallest absolute Gasteiger partial charge is 0.252 e. The van der Waals surface area contributed by atoms with Crippen LogP contribution in [0.2, 0.25) is 0 Å². The lowest BCUT2D eigenvalue weighted by atomic mass is 10.0. The number of hydrogen-bond acceptors (Lipinski definition) is 3. The third-order valence-corrected chi connectivity index (χ3v) is 2.22. The van der Waals surface area contributed by atoms with Crippen molar-refractivity contribution in [2.45, 2.75) is 26.3 Å². The fourth-order valence-corrected chi connectivity index (χ4v) is 1.51. The second-order valence-electron chi connectivity index (χ2n) is 4.34. The largest absolute Gasteiger partial charge is 0.350 e. The van der Waals surface area contributed by atoms with E-state index in [4.69, 9.17) is 5.73 Å². The molecule has 0 aliphatic carbocycles. The Balaban J connectivity index is 2.36. The van der Waals surface area contributed by atoms with Crippen LogP contribution in [0.3, 0.4) is 0 Å². The molecule has 0 aromatic carbocycles. The molecule has 0 spiro atoms. The maximum Gasteiger partial charge on any atom is 0.252 e. The van der Waals surface area contributed by atoms with E-state index in [1.54, 1.807) is 24.5 Å². The van der Waals surface area contributed by atoms with Gasteiger partial charge in [-0.3, -0.25) is 9.78 Å². The van der Waals surface area contributed by atoms with Crippen molar-refractivity contribution >= 4 is 5.91 Å². The summed E-state index contributed by atoms with van der Waals surface area (Å²) in [6.07, 6.45) is 4.10. The summed E-state index contributed by atoms with van der Waals surface area (Å²) in [6, 6.07) is 3.49. The monoisotopic (exact) mass is 221 g/mol. The van der Waals surface area contributed by atoms with Gasteiger partial charge in [0.15, 0.2) is 0 Å². The summed E-state index contributed by atoms with van der Waals surface area (Å²) in [5.41, 5.74) is 6.44. The number of rotatable bonds is 5. The summed E-state index contributed by atoms with van der Waals surface area (Å²) in [5, 5.41) is 2.80. The highest BCUT2D eigenvalue weighted by atomic mass is 16.1. The fraction of sp³-hybridized carbons (Fsp3) is 0.500. The molecule has 1 rings (SSSR count). The molecule has 1 unspecified atom stereocenters. The second-order valence-corrected chi connectivity index (χ2v) is 4.34. The van der Waals surface area contributed by atoms with Crippen LogP contribution < -0.4 is 11.1 Å². The Kier molecular flexibility index (Phi) is 4.92. The number of nitrogens with zero attached hydrogens (tertiary/aromatic N) is 1. The molecule has 0 saturated heterocycles. The molecule has 1 aromatic heterocycles. The van der Waals surface area contributed by atoms with Gasteiger partial charge in [0.25, 0.3) is 5.91 Å². The van der Waals surface area contributed by atoms with E-state index in [1.165, 1.54) is 0 Å². The Morgan fingerprint density at radius 2 is 2.31 bits per heavy atom. The number of nitrogens with one attached hydrogen (secondary N) is 1. The van der Waals surface area contributed by atoms with Gasteiger partial charge in [-0.05, 0) is 24.5 Å². The third kappa shape index (κ3) is 4.40. The van der Waals surface area contributed by atoms with Crippen LogP contribution in [0.1, 0.15) is 30.6 Å². The molecule has 1 amide bonds. The van der Waals surface area contributed by atoms with Gasteiger partial charge in [-0.2, -0.15) is 0 Å². The predicted molar refractivity (Wildman–Crippen MR) is 64.0 cm³/mol. The molecule has 1 heterocycles. The van der Waals surface area contributed by atoms with Crippen molar-refractivity contribution in [3.63, 3.8) is 0 Å². The maximum absolute atomic E-state index is 11.6. The van der Waals surface area contributed by atoms with Gasteiger partial charge in [0.1, 0.15) is 0 Å². The maximum atomic E-state index is 11.6. The summed E-state index contributed by atoms with van der Waals surface area (Å²) in [5.74, 6) is 0.428. The van der Waals surface area contributed by atoms with Gasteiger partial charge in [-0.25, -0.2) is 0 Å². The first-order valence-electron chi connectivity index (χ1n) is 5.53. The van der Waals surface area contributed by atoms with Crippen LogP contribution in [0.4, 0.5) is 0 Å². The first-order valence-corrected chi connectivity index (χ1v) is 5.53. The molecule has 4 heteroatoms. The molecule has 1 aromatic rings. The van der Waals surface area contributed by atoms with Crippen molar-refractivity contribution in [3.8, 4) is 0 Å². The highest BCUT2D eigenvalue weighted by Gasteiger charge is 2.09. The topological polar surface area (TPSA) is 68.0 Å². The number of nitrogens with two attached hydrogens (primary N) is 1. The van der Waals surface area contributed by atoms with E-state index >= 15 is 0 Å². The van der Waals surface area contributed by atoms with Crippen LogP contribution in [-0.4, -0.2) is 23.5 Å². The molecule has 16 heavy (non-hydrogen) atoms. The number of carbonyl (C=O) groups excluding carboxylic acids is 1. The molecule has 4 nitrogen and oxygen atoms in total. The van der Waals surface area contributed by atoms with Crippen molar-refractivity contribution in [2.24, 2.45) is 11.7 Å². The van der Waals surface area contributed by atoms with Crippen molar-refractivity contribution in [2.75, 3.05) is 6.54 Å². The number of carbonyl (C=O) groups is 1. The molecular weight excluding hydrogens is 202 g/mol. The molecule has 1 atom stereocenters. The molecule has 0 saturated carbocycles. The van der Waals surface area contributed by atoms with Crippen LogP contribution in [-0.2, 0) is 0 Å². The van der Waals surface area contributed by atoms with E-state index in [1.807, 2.05) is 0 Å². The van der Waals surface area contributed by atoms with Crippen molar-refractivity contribution in [3.05, 3.63) is 30.1 Å². The number of aromatic nitrogens is 1. The Hall–Kier alpha value is -1.42. The summed E-state index contributed by atoms with van der Waals surface area (Å²) in [7, 11) is 0. The van der Waals surface area contributed by atoms with Gasteiger partial charge in [-0.1, -0.05) is 13.8 Å². The van der Waals surface area contributed by atoms with Crippen LogP contribution in [0, 0.1) is 5.92 Å². The van der Waals surface area contributed by atoms with E-state index in [0.717, 1.165) is 6.42 Å². The first-order chi connectivity index (χ1) is 7.59. The quantitative estimate of drug-likeness (QED) is 0.784. The molecule has 3 N–H and O–H groups in total. The summed E-state index contributed by atoms with van der Waals surface area (Å²) >= 11 is 0. The minimum atomic E-state index is -0.118. The van der Waals surface area contributed by atoms with Crippen LogP contribution in [0.15, 0.2) is 24.5 Å². The predicted octanol–water partition coefficient (Wildman–Crippen LogP) is 1.18. The number of pyridine rings is 1. The summed E-state index contributed by atoms with van der Waals surface area (Å²) in [4.78, 5) is 15.5. The zero-order valence-electron chi connectivity index (χ0n) is 9.81. The zero-order valence-corrected chi connectivity index (χ0v) is 9.81.